The van der Waals surface area contributed by atoms with Crippen molar-refractivity contribution in [1.29, 1.82) is 0 Å². The van der Waals surface area contributed by atoms with E-state index < -0.39 is 0 Å². The summed E-state index contributed by atoms with van der Waals surface area (Å²) < 4.78 is 20.8. The summed E-state index contributed by atoms with van der Waals surface area (Å²) in [5.41, 5.74) is 1.30. The zero-order valence-corrected chi connectivity index (χ0v) is 15.7. The van der Waals surface area contributed by atoms with E-state index in [1.807, 2.05) is 0 Å². The molecule has 0 aliphatic rings. The Kier molecular flexibility index (Phi) is 7.51. The van der Waals surface area contributed by atoms with Crippen molar-refractivity contribution in [2.24, 2.45) is 0 Å². The molecule has 6 heteroatoms. The number of rotatable bonds is 9. The lowest BCUT2D eigenvalue weighted by Gasteiger charge is -2.10. The van der Waals surface area contributed by atoms with E-state index in [2.05, 4.69) is 0 Å². The van der Waals surface area contributed by atoms with Crippen LogP contribution in [0.1, 0.15) is 15.9 Å². The van der Waals surface area contributed by atoms with Crippen LogP contribution in [0.5, 0.6) is 17.2 Å². The first-order chi connectivity index (χ1) is 12.6. The van der Waals surface area contributed by atoms with Crippen molar-refractivity contribution in [1.82, 2.24) is 0 Å². The molecule has 0 fully saturated rings. The number of allylic oxidation sites excluding steroid dienone is 1. The summed E-state index contributed by atoms with van der Waals surface area (Å²) in [5, 5.41) is 0.413. The molecule has 0 heterocycles. The molecule has 2 aromatic carbocycles. The van der Waals surface area contributed by atoms with E-state index in [-0.39, 0.29) is 5.78 Å². The molecule has 0 spiro atoms. The number of ketones is 1. The van der Waals surface area contributed by atoms with Gasteiger partial charge in [0.1, 0.15) is 12.4 Å². The van der Waals surface area contributed by atoms with Crippen LogP contribution in [0.2, 0.25) is 5.02 Å². The maximum Gasteiger partial charge on any atom is 0.185 e. The van der Waals surface area contributed by atoms with Crippen molar-refractivity contribution < 1.29 is 23.7 Å². The van der Waals surface area contributed by atoms with Gasteiger partial charge in [-0.3, -0.25) is 4.79 Å². The zero-order valence-electron chi connectivity index (χ0n) is 15.0. The Labute approximate surface area is 158 Å². The SMILES string of the molecule is COCCOc1ccc(C(=O)/C=C/c2cc(Cl)c(OC)c(OC)c2)cc1. The summed E-state index contributed by atoms with van der Waals surface area (Å²) in [6, 6.07) is 10.4. The second kappa shape index (κ2) is 9.85. The quantitative estimate of drug-likeness (QED) is 0.371. The summed E-state index contributed by atoms with van der Waals surface area (Å²) in [7, 11) is 4.66. The van der Waals surface area contributed by atoms with Gasteiger partial charge in [0.05, 0.1) is 25.8 Å². The maximum absolute atomic E-state index is 12.3. The van der Waals surface area contributed by atoms with Gasteiger partial charge in [-0.05, 0) is 48.0 Å². The van der Waals surface area contributed by atoms with Crippen LogP contribution in [-0.4, -0.2) is 40.3 Å². The highest BCUT2D eigenvalue weighted by atomic mass is 35.5. The first-order valence-corrected chi connectivity index (χ1v) is 8.32. The Hall–Kier alpha value is -2.50. The molecule has 0 saturated heterocycles. The van der Waals surface area contributed by atoms with Crippen molar-refractivity contribution in [2.75, 3.05) is 34.5 Å². The van der Waals surface area contributed by atoms with Gasteiger partial charge in [0, 0.05) is 12.7 Å². The Morgan fingerprint density at radius 1 is 1.04 bits per heavy atom. The average Bonchev–Trinajstić information content (AvgIpc) is 2.66. The highest BCUT2D eigenvalue weighted by Crippen LogP contribution is 2.36. The molecule has 138 valence electrons. The van der Waals surface area contributed by atoms with E-state index in [1.165, 1.54) is 20.3 Å². The lowest BCUT2D eigenvalue weighted by atomic mass is 10.1. The van der Waals surface area contributed by atoms with E-state index in [4.69, 9.17) is 30.5 Å². The number of hydrogen-bond acceptors (Lipinski definition) is 5. The number of carbonyl (C=O) groups excluding carboxylic acids is 1. The van der Waals surface area contributed by atoms with Gasteiger partial charge in [0.15, 0.2) is 17.3 Å². The van der Waals surface area contributed by atoms with Crippen LogP contribution in [0.3, 0.4) is 0 Å². The summed E-state index contributed by atoms with van der Waals surface area (Å²) in [5.74, 6) is 1.53. The molecule has 0 N–H and O–H groups in total. The highest BCUT2D eigenvalue weighted by molar-refractivity contribution is 6.32. The predicted octanol–water partition coefficient (Wildman–Crippen LogP) is 4.28. The lowest BCUT2D eigenvalue weighted by Crippen LogP contribution is -2.04. The molecule has 0 aromatic heterocycles. The van der Waals surface area contributed by atoms with E-state index >= 15 is 0 Å². The molecule has 0 amide bonds. The van der Waals surface area contributed by atoms with Gasteiger partial charge in [0.25, 0.3) is 0 Å². The van der Waals surface area contributed by atoms with E-state index in [9.17, 15) is 4.79 Å². The van der Waals surface area contributed by atoms with Gasteiger partial charge < -0.3 is 18.9 Å². The fourth-order valence-electron chi connectivity index (χ4n) is 2.26. The minimum Gasteiger partial charge on any atom is -0.493 e. The molecule has 5 nitrogen and oxygen atoms in total. The summed E-state index contributed by atoms with van der Waals surface area (Å²) in [4.78, 5) is 12.3. The van der Waals surface area contributed by atoms with Crippen molar-refractivity contribution in [3.63, 3.8) is 0 Å². The third-order valence-electron chi connectivity index (χ3n) is 3.58. The molecule has 0 aliphatic carbocycles. The second-order valence-electron chi connectivity index (χ2n) is 5.30. The molecule has 0 bridgehead atoms. The Bertz CT molecular complexity index is 769. The fourth-order valence-corrected chi connectivity index (χ4v) is 2.56. The van der Waals surface area contributed by atoms with Crippen LogP contribution in [-0.2, 0) is 4.74 Å². The molecule has 0 radical (unpaired) electrons. The van der Waals surface area contributed by atoms with Crippen molar-refractivity contribution in [2.45, 2.75) is 0 Å². The van der Waals surface area contributed by atoms with Gasteiger partial charge in [-0.2, -0.15) is 0 Å². The Morgan fingerprint density at radius 2 is 1.77 bits per heavy atom. The number of ether oxygens (including phenoxy) is 4. The van der Waals surface area contributed by atoms with Gasteiger partial charge in [-0.15, -0.1) is 0 Å². The first-order valence-electron chi connectivity index (χ1n) is 7.94. The van der Waals surface area contributed by atoms with Crippen LogP contribution in [0, 0.1) is 0 Å². The molecule has 0 aliphatic heterocycles. The minimum atomic E-state index is -0.126. The molecule has 0 atom stereocenters. The van der Waals surface area contributed by atoms with Crippen LogP contribution in [0.25, 0.3) is 6.08 Å². The fraction of sp³-hybridized carbons (Fsp3) is 0.250. The second-order valence-corrected chi connectivity index (χ2v) is 5.71. The molecule has 26 heavy (non-hydrogen) atoms. The van der Waals surface area contributed by atoms with Crippen LogP contribution >= 0.6 is 11.6 Å². The van der Waals surface area contributed by atoms with Crippen molar-refractivity contribution >= 4 is 23.5 Å². The summed E-state index contributed by atoms with van der Waals surface area (Å²) in [6.07, 6.45) is 3.16. The summed E-state index contributed by atoms with van der Waals surface area (Å²) in [6.45, 7) is 0.973. The maximum atomic E-state index is 12.3. The molecular formula is C20H21ClO5. The minimum absolute atomic E-state index is 0.126. The van der Waals surface area contributed by atoms with Crippen LogP contribution in [0.15, 0.2) is 42.5 Å². The molecule has 2 aromatic rings. The third kappa shape index (κ3) is 5.25. The first kappa shape index (κ1) is 19.8. The average molecular weight is 377 g/mol. The van der Waals surface area contributed by atoms with Crippen molar-refractivity contribution in [3.8, 4) is 17.2 Å². The van der Waals surface area contributed by atoms with E-state index in [0.29, 0.717) is 41.0 Å². The zero-order chi connectivity index (χ0) is 18.9. The number of benzene rings is 2. The largest absolute Gasteiger partial charge is 0.493 e. The molecule has 0 unspecified atom stereocenters. The standard InChI is InChI=1S/C20H21ClO5/c1-23-10-11-26-16-7-5-15(6-8-16)18(22)9-4-14-12-17(21)20(25-3)19(13-14)24-2/h4-9,12-13H,10-11H2,1-3H3/b9-4+. The molecule has 0 saturated carbocycles. The van der Waals surface area contributed by atoms with Crippen molar-refractivity contribution in [3.05, 3.63) is 58.6 Å². The predicted molar refractivity (Wildman–Crippen MR) is 102 cm³/mol. The van der Waals surface area contributed by atoms with Crippen LogP contribution < -0.4 is 14.2 Å². The van der Waals surface area contributed by atoms with Gasteiger partial charge in [0.2, 0.25) is 0 Å². The number of hydrogen-bond donors (Lipinski definition) is 0. The highest BCUT2D eigenvalue weighted by Gasteiger charge is 2.10. The van der Waals surface area contributed by atoms with Gasteiger partial charge >= 0.3 is 0 Å². The monoisotopic (exact) mass is 376 g/mol. The Balaban J connectivity index is 2.08. The van der Waals surface area contributed by atoms with E-state index in [1.54, 1.807) is 49.6 Å². The summed E-state index contributed by atoms with van der Waals surface area (Å²) >= 11 is 6.17. The van der Waals surface area contributed by atoms with Gasteiger partial charge in [-0.1, -0.05) is 17.7 Å². The smallest absolute Gasteiger partial charge is 0.185 e. The normalized spacial score (nSPS) is 10.8. The molecule has 2 rings (SSSR count). The number of methoxy groups -OCH3 is 3. The molecular weight excluding hydrogens is 356 g/mol. The van der Waals surface area contributed by atoms with Crippen LogP contribution in [0.4, 0.5) is 0 Å². The van der Waals surface area contributed by atoms with E-state index in [0.717, 1.165) is 5.56 Å². The number of halogens is 1. The van der Waals surface area contributed by atoms with Gasteiger partial charge in [-0.25, -0.2) is 0 Å². The third-order valence-corrected chi connectivity index (χ3v) is 3.86. The number of carbonyl (C=O) groups is 1. The Morgan fingerprint density at radius 3 is 2.38 bits per heavy atom. The topological polar surface area (TPSA) is 54.0 Å². The lowest BCUT2D eigenvalue weighted by molar-refractivity contribution is 0.104.